The van der Waals surface area contributed by atoms with Gasteiger partial charge in [-0.15, -0.1) is 0 Å². The first-order chi connectivity index (χ1) is 19.5. The van der Waals surface area contributed by atoms with E-state index in [1.54, 1.807) is 13.0 Å². The number of hydrogen-bond acceptors (Lipinski definition) is 5. The maximum Gasteiger partial charge on any atom is 0.259 e. The molecule has 3 aliphatic rings. The van der Waals surface area contributed by atoms with Crippen molar-refractivity contribution >= 4 is 23.4 Å². The standard InChI is InChI=1S/C32H37ClN4O3/c1-21-29(30(35-40-21)26-13-7-8-14-27(26)33)32(39)37-19-24-17-36(18-25(24)20-37)16-15-28(22-9-3-2-4-10-22)34-31(38)23-11-5-6-12-23/h2-4,7-10,13-14,23-25,28H,5-6,11-12,15-20H2,1H3,(H,34,38)/t24?,25?,28-/m0/s1. The predicted molar refractivity (Wildman–Crippen MR) is 155 cm³/mol. The van der Waals surface area contributed by atoms with Gasteiger partial charge in [0.05, 0.1) is 11.1 Å². The van der Waals surface area contributed by atoms with Crippen LogP contribution in [0.2, 0.25) is 5.02 Å². The number of aryl methyl sites for hydroxylation is 1. The number of fused-ring (bicyclic) bond motifs is 1. The zero-order valence-electron chi connectivity index (χ0n) is 23.0. The van der Waals surface area contributed by atoms with Crippen LogP contribution in [0.3, 0.4) is 0 Å². The normalized spacial score (nSPS) is 22.0. The Balaban J connectivity index is 1.07. The van der Waals surface area contributed by atoms with Gasteiger partial charge in [-0.3, -0.25) is 9.59 Å². The number of nitrogens with one attached hydrogen (secondary N) is 1. The van der Waals surface area contributed by atoms with E-state index in [1.807, 2.05) is 41.3 Å². The van der Waals surface area contributed by atoms with Gasteiger partial charge >= 0.3 is 0 Å². The third-order valence-corrected chi connectivity index (χ3v) is 9.36. The molecule has 3 atom stereocenters. The van der Waals surface area contributed by atoms with Crippen LogP contribution in [0, 0.1) is 24.7 Å². The minimum atomic E-state index is -0.0339. The second-order valence-electron chi connectivity index (χ2n) is 11.7. The van der Waals surface area contributed by atoms with Gasteiger partial charge in [-0.2, -0.15) is 0 Å². The van der Waals surface area contributed by atoms with Crippen molar-refractivity contribution in [2.24, 2.45) is 17.8 Å². The summed E-state index contributed by atoms with van der Waals surface area (Å²) < 4.78 is 5.45. The van der Waals surface area contributed by atoms with Crippen LogP contribution < -0.4 is 5.32 Å². The summed E-state index contributed by atoms with van der Waals surface area (Å²) in [5.41, 5.74) is 2.90. The van der Waals surface area contributed by atoms with Crippen LogP contribution in [0.1, 0.15) is 59.8 Å². The molecule has 210 valence electrons. The molecular weight excluding hydrogens is 524 g/mol. The topological polar surface area (TPSA) is 78.7 Å². The number of nitrogens with zero attached hydrogens (tertiary/aromatic N) is 3. The molecule has 2 amide bonds. The lowest BCUT2D eigenvalue weighted by atomic mass is 10.0. The molecule has 2 aliphatic heterocycles. The van der Waals surface area contributed by atoms with Gasteiger partial charge in [-0.05, 0) is 49.7 Å². The molecule has 2 saturated heterocycles. The van der Waals surface area contributed by atoms with E-state index in [4.69, 9.17) is 16.1 Å². The first kappa shape index (κ1) is 27.0. The lowest BCUT2D eigenvalue weighted by Gasteiger charge is -2.25. The van der Waals surface area contributed by atoms with Gasteiger partial charge in [0.15, 0.2) is 0 Å². The van der Waals surface area contributed by atoms with Gasteiger partial charge in [-0.25, -0.2) is 0 Å². The van der Waals surface area contributed by atoms with Gasteiger partial charge in [0.25, 0.3) is 5.91 Å². The smallest absolute Gasteiger partial charge is 0.259 e. The molecule has 7 nitrogen and oxygen atoms in total. The van der Waals surface area contributed by atoms with Crippen LogP contribution in [0.4, 0.5) is 0 Å². The zero-order valence-corrected chi connectivity index (χ0v) is 23.8. The minimum absolute atomic E-state index is 0.0209. The van der Waals surface area contributed by atoms with Crippen molar-refractivity contribution in [1.82, 2.24) is 20.3 Å². The third kappa shape index (κ3) is 5.54. The quantitative estimate of drug-likeness (QED) is 0.380. The van der Waals surface area contributed by atoms with E-state index in [0.29, 0.717) is 39.4 Å². The molecule has 2 unspecified atom stereocenters. The number of amides is 2. The molecule has 0 bridgehead atoms. The summed E-state index contributed by atoms with van der Waals surface area (Å²) in [4.78, 5) is 31.1. The summed E-state index contributed by atoms with van der Waals surface area (Å²) >= 11 is 6.41. The number of aromatic nitrogens is 1. The molecule has 0 spiro atoms. The highest BCUT2D eigenvalue weighted by atomic mass is 35.5. The number of likely N-dealkylation sites (tertiary alicyclic amines) is 2. The fourth-order valence-electron chi connectivity index (χ4n) is 6.85. The molecule has 8 heteroatoms. The Morgan fingerprint density at radius 3 is 2.38 bits per heavy atom. The second kappa shape index (κ2) is 11.8. The number of carbonyl (C=O) groups excluding carboxylic acids is 2. The average Bonchev–Trinajstić information content (AvgIpc) is 3.76. The van der Waals surface area contributed by atoms with Crippen LogP contribution in [0.15, 0.2) is 59.1 Å². The van der Waals surface area contributed by atoms with Crippen molar-refractivity contribution in [2.75, 3.05) is 32.7 Å². The molecule has 2 aromatic carbocycles. The Morgan fingerprint density at radius 2 is 1.68 bits per heavy atom. The van der Waals surface area contributed by atoms with Gasteiger partial charge in [0, 0.05) is 44.2 Å². The van der Waals surface area contributed by atoms with Crippen molar-refractivity contribution in [3.63, 3.8) is 0 Å². The highest BCUT2D eigenvalue weighted by Gasteiger charge is 2.43. The Hall–Kier alpha value is -3.16. The lowest BCUT2D eigenvalue weighted by molar-refractivity contribution is -0.125. The van der Waals surface area contributed by atoms with Crippen LogP contribution in [-0.2, 0) is 4.79 Å². The van der Waals surface area contributed by atoms with Crippen molar-refractivity contribution < 1.29 is 14.1 Å². The average molecular weight is 561 g/mol. The molecule has 3 aromatic rings. The van der Waals surface area contributed by atoms with E-state index < -0.39 is 0 Å². The Labute approximate surface area is 240 Å². The van der Waals surface area contributed by atoms with Crippen LogP contribution in [0.25, 0.3) is 11.3 Å². The van der Waals surface area contributed by atoms with E-state index in [0.717, 1.165) is 64.8 Å². The highest BCUT2D eigenvalue weighted by Crippen LogP contribution is 2.36. The molecule has 0 radical (unpaired) electrons. The molecule has 1 N–H and O–H groups in total. The number of hydrogen-bond donors (Lipinski definition) is 1. The van der Waals surface area contributed by atoms with Crippen molar-refractivity contribution in [3.05, 3.63) is 76.5 Å². The first-order valence-electron chi connectivity index (χ1n) is 14.6. The summed E-state index contributed by atoms with van der Waals surface area (Å²) in [6, 6.07) is 17.8. The zero-order chi connectivity index (χ0) is 27.6. The molecule has 1 aliphatic carbocycles. The van der Waals surface area contributed by atoms with Gasteiger partial charge in [-0.1, -0.05) is 78.1 Å². The molecular formula is C32H37ClN4O3. The molecule has 3 heterocycles. The highest BCUT2D eigenvalue weighted by molar-refractivity contribution is 6.33. The van der Waals surface area contributed by atoms with Gasteiger partial charge in [0.1, 0.15) is 17.0 Å². The molecule has 6 rings (SSSR count). The van der Waals surface area contributed by atoms with Gasteiger partial charge < -0.3 is 19.6 Å². The fourth-order valence-corrected chi connectivity index (χ4v) is 7.08. The number of benzene rings is 2. The third-order valence-electron chi connectivity index (χ3n) is 9.03. The Bertz CT molecular complexity index is 1340. The lowest BCUT2D eigenvalue weighted by Crippen LogP contribution is -2.36. The Kier molecular flexibility index (Phi) is 7.94. The van der Waals surface area contributed by atoms with Crippen molar-refractivity contribution in [2.45, 2.75) is 45.1 Å². The molecule has 1 aromatic heterocycles. The van der Waals surface area contributed by atoms with Crippen molar-refractivity contribution in [3.8, 4) is 11.3 Å². The Morgan fingerprint density at radius 1 is 1.00 bits per heavy atom. The fraction of sp³-hybridized carbons (Fsp3) is 0.469. The largest absolute Gasteiger partial charge is 0.360 e. The first-order valence-corrected chi connectivity index (χ1v) is 14.9. The number of carbonyl (C=O) groups is 2. The SMILES string of the molecule is Cc1onc(-c2ccccc2Cl)c1C(=O)N1CC2CN(CC[C@H](NC(=O)C3CCCC3)c3ccccc3)CC2C1. The molecule has 3 fully saturated rings. The van der Waals surface area contributed by atoms with Crippen LogP contribution in [-0.4, -0.2) is 59.5 Å². The van der Waals surface area contributed by atoms with E-state index >= 15 is 0 Å². The minimum Gasteiger partial charge on any atom is -0.360 e. The van der Waals surface area contributed by atoms with Crippen LogP contribution >= 0.6 is 11.6 Å². The van der Waals surface area contributed by atoms with Crippen LogP contribution in [0.5, 0.6) is 0 Å². The second-order valence-corrected chi connectivity index (χ2v) is 12.1. The monoisotopic (exact) mass is 560 g/mol. The van der Waals surface area contributed by atoms with Gasteiger partial charge in [0.2, 0.25) is 5.91 Å². The number of rotatable bonds is 8. The van der Waals surface area contributed by atoms with Crippen molar-refractivity contribution in [1.29, 1.82) is 0 Å². The summed E-state index contributed by atoms with van der Waals surface area (Å²) in [7, 11) is 0. The number of halogens is 1. The maximum atomic E-state index is 13.7. The predicted octanol–water partition coefficient (Wildman–Crippen LogP) is 5.75. The van der Waals surface area contributed by atoms with E-state index in [2.05, 4.69) is 27.5 Å². The maximum absolute atomic E-state index is 13.7. The summed E-state index contributed by atoms with van der Waals surface area (Å²) in [5.74, 6) is 1.73. The molecule has 40 heavy (non-hydrogen) atoms. The molecule has 1 saturated carbocycles. The summed E-state index contributed by atoms with van der Waals surface area (Å²) in [6.45, 7) is 6.10. The van der Waals surface area contributed by atoms with E-state index in [-0.39, 0.29) is 23.8 Å². The summed E-state index contributed by atoms with van der Waals surface area (Å²) in [6.07, 6.45) is 5.20. The van der Waals surface area contributed by atoms with E-state index in [1.165, 1.54) is 5.56 Å². The van der Waals surface area contributed by atoms with E-state index in [9.17, 15) is 9.59 Å². The summed E-state index contributed by atoms with van der Waals surface area (Å²) in [5, 5.41) is 8.11.